The number of alkyl carbamates (subject to hydrolysis) is 1. The fourth-order valence-electron chi connectivity index (χ4n) is 10.4. The fourth-order valence-corrected chi connectivity index (χ4v) is 10.4. The number of Topliss-reactive ketones (excluding diaryl/α,β-unsaturated/α-hetero) is 1. The van der Waals surface area contributed by atoms with Crippen LogP contribution in [-0.4, -0.2) is 71.3 Å². The standard InChI is InChI=1S/C35H52N4O6/c1-5-9-25(29(40)31(42)36-12-6-2)37-30(41)28-26-24(34(26,3)4)19-39(28)32(43)27(23-10-7-8-11-23)38-33(44)45-35-16-20-13-21(17-35)15-22(14-20)18-35/h6,20-28H,2,5,7-19H2,1,3-4H3,(H,36,42)(H,37,41)(H,38,44). The van der Waals surface area contributed by atoms with E-state index in [4.69, 9.17) is 4.74 Å². The summed E-state index contributed by atoms with van der Waals surface area (Å²) < 4.78 is 6.27. The van der Waals surface area contributed by atoms with Crippen LogP contribution in [0.2, 0.25) is 0 Å². The van der Waals surface area contributed by atoms with Gasteiger partial charge < -0.3 is 25.6 Å². The first-order valence-corrected chi connectivity index (χ1v) is 17.5. The molecule has 7 rings (SSSR count). The van der Waals surface area contributed by atoms with Crippen molar-refractivity contribution >= 4 is 29.6 Å². The van der Waals surface area contributed by atoms with Crippen LogP contribution in [0.25, 0.3) is 0 Å². The minimum Gasteiger partial charge on any atom is -0.443 e. The van der Waals surface area contributed by atoms with Gasteiger partial charge in [0.25, 0.3) is 5.91 Å². The van der Waals surface area contributed by atoms with Crippen LogP contribution in [0.1, 0.15) is 97.8 Å². The highest BCUT2D eigenvalue weighted by Gasteiger charge is 2.70. The van der Waals surface area contributed by atoms with E-state index in [-0.39, 0.29) is 35.6 Å². The summed E-state index contributed by atoms with van der Waals surface area (Å²) in [4.78, 5) is 69.1. The molecule has 7 fully saturated rings. The van der Waals surface area contributed by atoms with Gasteiger partial charge in [-0.1, -0.05) is 46.1 Å². The number of likely N-dealkylation sites (tertiary alicyclic amines) is 1. The molecular weight excluding hydrogens is 572 g/mol. The third-order valence-electron chi connectivity index (χ3n) is 12.3. The molecule has 6 aliphatic carbocycles. The average Bonchev–Trinajstić information content (AvgIpc) is 3.42. The number of fused-ring (bicyclic) bond motifs is 1. The first-order valence-electron chi connectivity index (χ1n) is 17.5. The Bertz CT molecular complexity index is 1190. The van der Waals surface area contributed by atoms with Crippen LogP contribution in [0, 0.1) is 40.9 Å². The molecule has 10 nitrogen and oxygen atoms in total. The molecular formula is C35H52N4O6. The molecule has 0 aromatic carbocycles. The second-order valence-corrected chi connectivity index (χ2v) is 15.8. The molecule has 6 saturated carbocycles. The highest BCUT2D eigenvalue weighted by molar-refractivity contribution is 6.38. The lowest BCUT2D eigenvalue weighted by Gasteiger charge is -2.55. The molecule has 0 aromatic rings. The van der Waals surface area contributed by atoms with Crippen molar-refractivity contribution in [2.45, 2.75) is 122 Å². The zero-order valence-corrected chi connectivity index (χ0v) is 27.3. The zero-order chi connectivity index (χ0) is 32.1. The molecule has 3 N–H and O–H groups in total. The number of nitrogens with zero attached hydrogens (tertiary/aromatic N) is 1. The van der Waals surface area contributed by atoms with Crippen molar-refractivity contribution in [2.24, 2.45) is 40.9 Å². The van der Waals surface area contributed by atoms with E-state index in [2.05, 4.69) is 36.4 Å². The van der Waals surface area contributed by atoms with Gasteiger partial charge in [-0.15, -0.1) is 6.58 Å². The minimum atomic E-state index is -0.982. The lowest BCUT2D eigenvalue weighted by atomic mass is 9.54. The van der Waals surface area contributed by atoms with Crippen LogP contribution in [0.5, 0.6) is 0 Å². The Morgan fingerprint density at radius 3 is 2.18 bits per heavy atom. The van der Waals surface area contributed by atoms with Crippen LogP contribution in [0.4, 0.5) is 4.79 Å². The van der Waals surface area contributed by atoms with Crippen LogP contribution < -0.4 is 16.0 Å². The molecule has 1 aliphatic heterocycles. The van der Waals surface area contributed by atoms with Gasteiger partial charge in [-0.3, -0.25) is 19.2 Å². The number of carbonyl (C=O) groups is 5. The lowest BCUT2D eigenvalue weighted by Crippen LogP contribution is -2.60. The van der Waals surface area contributed by atoms with E-state index in [0.717, 1.165) is 44.9 Å². The molecule has 4 amide bonds. The van der Waals surface area contributed by atoms with Crippen LogP contribution in [-0.2, 0) is 23.9 Å². The van der Waals surface area contributed by atoms with Crippen molar-refractivity contribution in [2.75, 3.05) is 13.1 Å². The number of ketones is 1. The number of hydrogen-bond donors (Lipinski definition) is 3. The van der Waals surface area contributed by atoms with Crippen LogP contribution >= 0.6 is 0 Å². The monoisotopic (exact) mass is 624 g/mol. The number of piperidine rings is 1. The quantitative estimate of drug-likeness (QED) is 0.223. The number of ether oxygens (including phenoxy) is 1. The van der Waals surface area contributed by atoms with Gasteiger partial charge in [0.2, 0.25) is 17.6 Å². The molecule has 5 unspecified atom stereocenters. The van der Waals surface area contributed by atoms with Gasteiger partial charge in [-0.25, -0.2) is 4.79 Å². The van der Waals surface area contributed by atoms with E-state index in [1.54, 1.807) is 4.90 Å². The smallest absolute Gasteiger partial charge is 0.408 e. The van der Waals surface area contributed by atoms with Gasteiger partial charge in [-0.2, -0.15) is 0 Å². The summed E-state index contributed by atoms with van der Waals surface area (Å²) in [7, 11) is 0. The van der Waals surface area contributed by atoms with Gasteiger partial charge in [-0.05, 0) is 98.7 Å². The minimum absolute atomic E-state index is 0.0157. The van der Waals surface area contributed by atoms with Crippen molar-refractivity contribution in [3.8, 4) is 0 Å². The zero-order valence-electron chi connectivity index (χ0n) is 27.3. The Morgan fingerprint density at radius 1 is 0.978 bits per heavy atom. The molecule has 45 heavy (non-hydrogen) atoms. The maximum atomic E-state index is 14.4. The normalized spacial score (nSPS) is 35.2. The molecule has 0 radical (unpaired) electrons. The maximum absolute atomic E-state index is 14.4. The predicted octanol–water partition coefficient (Wildman–Crippen LogP) is 3.88. The van der Waals surface area contributed by atoms with E-state index >= 15 is 0 Å². The summed E-state index contributed by atoms with van der Waals surface area (Å²) in [5.74, 6) is -0.148. The van der Waals surface area contributed by atoms with Crippen molar-refractivity contribution in [1.82, 2.24) is 20.9 Å². The second kappa shape index (κ2) is 12.4. The SMILES string of the molecule is C=CCNC(=O)C(=O)C(CCC)NC(=O)C1C2C(CN1C(=O)C(NC(=O)OC13CC4CC(CC(C4)C1)C3)C1CCCC1)C2(C)C. The topological polar surface area (TPSA) is 134 Å². The van der Waals surface area contributed by atoms with Crippen molar-refractivity contribution < 1.29 is 28.7 Å². The predicted molar refractivity (Wildman–Crippen MR) is 168 cm³/mol. The molecule has 5 atom stereocenters. The second-order valence-electron chi connectivity index (χ2n) is 15.8. The third kappa shape index (κ3) is 6.14. The Morgan fingerprint density at radius 2 is 1.60 bits per heavy atom. The molecule has 1 saturated heterocycles. The Labute approximate surface area is 267 Å². The molecule has 7 aliphatic rings. The average molecular weight is 625 g/mol. The molecule has 0 aromatic heterocycles. The highest BCUT2D eigenvalue weighted by atomic mass is 16.6. The summed E-state index contributed by atoms with van der Waals surface area (Å²) in [6.45, 7) is 10.3. The van der Waals surface area contributed by atoms with Crippen molar-refractivity contribution in [3.05, 3.63) is 12.7 Å². The van der Waals surface area contributed by atoms with E-state index in [9.17, 15) is 24.0 Å². The Hall–Kier alpha value is -2.91. The molecule has 10 heteroatoms. The molecule has 0 spiro atoms. The number of amides is 4. The largest absolute Gasteiger partial charge is 0.443 e. The van der Waals surface area contributed by atoms with Gasteiger partial charge in [0.05, 0.1) is 6.04 Å². The van der Waals surface area contributed by atoms with Gasteiger partial charge >= 0.3 is 6.09 Å². The van der Waals surface area contributed by atoms with Gasteiger partial charge in [0.15, 0.2) is 0 Å². The Kier molecular flexibility index (Phi) is 8.80. The van der Waals surface area contributed by atoms with Gasteiger partial charge in [0, 0.05) is 13.1 Å². The van der Waals surface area contributed by atoms with Gasteiger partial charge in [0.1, 0.15) is 17.7 Å². The van der Waals surface area contributed by atoms with Crippen LogP contribution in [0.3, 0.4) is 0 Å². The highest BCUT2D eigenvalue weighted by Crippen LogP contribution is 2.65. The number of nitrogens with one attached hydrogen (secondary N) is 3. The summed E-state index contributed by atoms with van der Waals surface area (Å²) in [5.41, 5.74) is -0.541. The maximum Gasteiger partial charge on any atom is 0.408 e. The van der Waals surface area contributed by atoms with Crippen LogP contribution in [0.15, 0.2) is 12.7 Å². The molecule has 4 bridgehead atoms. The first kappa shape index (κ1) is 32.0. The summed E-state index contributed by atoms with van der Waals surface area (Å²) in [6, 6.07) is -2.52. The van der Waals surface area contributed by atoms with E-state index in [1.165, 1.54) is 25.3 Å². The van der Waals surface area contributed by atoms with Crippen molar-refractivity contribution in [3.63, 3.8) is 0 Å². The number of rotatable bonds is 12. The lowest BCUT2D eigenvalue weighted by molar-refractivity contribution is -0.145. The van der Waals surface area contributed by atoms with E-state index < -0.39 is 47.4 Å². The Balaban J connectivity index is 1.18. The summed E-state index contributed by atoms with van der Waals surface area (Å²) in [5, 5.41) is 8.39. The molecule has 248 valence electrons. The number of hydrogen-bond acceptors (Lipinski definition) is 6. The third-order valence-corrected chi connectivity index (χ3v) is 12.3. The fraction of sp³-hybridized carbons (Fsp3) is 0.800. The first-order chi connectivity index (χ1) is 21.5. The van der Waals surface area contributed by atoms with E-state index in [1.807, 2.05) is 6.92 Å². The van der Waals surface area contributed by atoms with E-state index in [0.29, 0.717) is 37.1 Å². The molecule has 1 heterocycles. The number of carbonyl (C=O) groups excluding carboxylic acids is 5. The summed E-state index contributed by atoms with van der Waals surface area (Å²) in [6.07, 6.45) is 12.1. The van der Waals surface area contributed by atoms with Crippen molar-refractivity contribution in [1.29, 1.82) is 0 Å². The summed E-state index contributed by atoms with van der Waals surface area (Å²) >= 11 is 0.